The molecule has 32 heavy (non-hydrogen) atoms. The minimum Gasteiger partial charge on any atom is -0.493 e. The van der Waals surface area contributed by atoms with Crippen molar-refractivity contribution < 1.29 is 19.0 Å². The summed E-state index contributed by atoms with van der Waals surface area (Å²) in [4.78, 5) is 39.7. The summed E-state index contributed by atoms with van der Waals surface area (Å²) >= 11 is 3.35. The van der Waals surface area contributed by atoms with E-state index in [1.807, 2.05) is 0 Å². The number of hydrogen-bond acceptors (Lipinski definition) is 6. The molecule has 0 saturated carbocycles. The number of ketones is 1. The van der Waals surface area contributed by atoms with Crippen LogP contribution in [0.3, 0.4) is 0 Å². The van der Waals surface area contributed by atoms with E-state index in [1.54, 1.807) is 36.4 Å². The van der Waals surface area contributed by atoms with Crippen LogP contribution in [-0.2, 0) is 17.8 Å². The highest BCUT2D eigenvalue weighted by atomic mass is 79.9. The highest BCUT2D eigenvalue weighted by Gasteiger charge is 2.23. The number of Topliss-reactive ketones (excluding diaryl/α,β-unsaturated/α-hetero) is 1. The Labute approximate surface area is 192 Å². The Bertz CT molecular complexity index is 1270. The van der Waals surface area contributed by atoms with E-state index in [0.29, 0.717) is 29.2 Å². The van der Waals surface area contributed by atoms with Crippen molar-refractivity contribution >= 4 is 32.6 Å². The number of benzene rings is 2. The van der Waals surface area contributed by atoms with Gasteiger partial charge in [-0.25, -0.2) is 4.79 Å². The van der Waals surface area contributed by atoms with Crippen molar-refractivity contribution in [3.63, 3.8) is 0 Å². The Balaban J connectivity index is 1.89. The third kappa shape index (κ3) is 4.22. The van der Waals surface area contributed by atoms with Crippen LogP contribution >= 0.6 is 15.9 Å². The summed E-state index contributed by atoms with van der Waals surface area (Å²) in [5.41, 5.74) is -0.234. The molecule has 0 spiro atoms. The molecule has 2 aromatic carbocycles. The SMILES string of the molecule is COc1cc2c(=O)n(CC3CCCO3)c(=O)n(CC(=O)c3ccc(Br)cc3)c2cc1OC. The van der Waals surface area contributed by atoms with Crippen LogP contribution in [0, 0.1) is 0 Å². The lowest BCUT2D eigenvalue weighted by atomic mass is 10.1. The Hall–Kier alpha value is -2.91. The monoisotopic (exact) mass is 502 g/mol. The second-order valence-electron chi connectivity index (χ2n) is 7.57. The van der Waals surface area contributed by atoms with Gasteiger partial charge in [-0.3, -0.25) is 18.7 Å². The molecule has 0 amide bonds. The Morgan fingerprint density at radius 1 is 1.09 bits per heavy atom. The number of rotatable bonds is 7. The normalized spacial score (nSPS) is 15.8. The predicted molar refractivity (Wildman–Crippen MR) is 123 cm³/mol. The smallest absolute Gasteiger partial charge is 0.331 e. The van der Waals surface area contributed by atoms with E-state index < -0.39 is 11.2 Å². The van der Waals surface area contributed by atoms with E-state index in [1.165, 1.54) is 18.8 Å². The number of carbonyl (C=O) groups is 1. The number of aromatic nitrogens is 2. The van der Waals surface area contributed by atoms with E-state index in [2.05, 4.69) is 15.9 Å². The maximum absolute atomic E-state index is 13.4. The van der Waals surface area contributed by atoms with Crippen LogP contribution in [0.1, 0.15) is 23.2 Å². The van der Waals surface area contributed by atoms with Gasteiger partial charge in [-0.2, -0.15) is 0 Å². The van der Waals surface area contributed by atoms with Crippen LogP contribution in [0.25, 0.3) is 10.9 Å². The molecule has 1 fully saturated rings. The maximum Gasteiger partial charge on any atom is 0.331 e. The molecule has 2 heterocycles. The van der Waals surface area contributed by atoms with Crippen LogP contribution in [0.15, 0.2) is 50.5 Å². The van der Waals surface area contributed by atoms with Crippen molar-refractivity contribution in [1.82, 2.24) is 9.13 Å². The minimum atomic E-state index is -0.560. The van der Waals surface area contributed by atoms with Crippen molar-refractivity contribution in [2.75, 3.05) is 20.8 Å². The number of nitrogens with zero attached hydrogens (tertiary/aromatic N) is 2. The van der Waals surface area contributed by atoms with E-state index in [9.17, 15) is 14.4 Å². The fourth-order valence-electron chi connectivity index (χ4n) is 3.92. The molecule has 1 aliphatic rings. The molecule has 1 aliphatic heterocycles. The molecular formula is C23H23BrN2O6. The van der Waals surface area contributed by atoms with Gasteiger partial charge in [0.2, 0.25) is 0 Å². The first kappa shape index (κ1) is 22.3. The van der Waals surface area contributed by atoms with Crippen molar-refractivity contribution in [2.24, 2.45) is 0 Å². The van der Waals surface area contributed by atoms with Crippen LogP contribution in [0.4, 0.5) is 0 Å². The van der Waals surface area contributed by atoms with Crippen molar-refractivity contribution in [2.45, 2.75) is 32.0 Å². The summed E-state index contributed by atoms with van der Waals surface area (Å²) in [6.45, 7) is 0.515. The summed E-state index contributed by atoms with van der Waals surface area (Å²) in [6.07, 6.45) is 1.44. The topological polar surface area (TPSA) is 88.8 Å². The first-order chi connectivity index (χ1) is 15.4. The number of hydrogen-bond donors (Lipinski definition) is 0. The molecule has 168 valence electrons. The lowest BCUT2D eigenvalue weighted by molar-refractivity contribution is 0.0939. The molecule has 9 heteroatoms. The van der Waals surface area contributed by atoms with Crippen molar-refractivity contribution in [1.29, 1.82) is 0 Å². The van der Waals surface area contributed by atoms with Gasteiger partial charge in [-0.1, -0.05) is 28.1 Å². The Kier molecular flexibility index (Phi) is 6.48. The molecule has 4 rings (SSSR count). The largest absolute Gasteiger partial charge is 0.493 e. The molecule has 0 bridgehead atoms. The average Bonchev–Trinajstić information content (AvgIpc) is 3.32. The van der Waals surface area contributed by atoms with Gasteiger partial charge in [-0.05, 0) is 31.0 Å². The Morgan fingerprint density at radius 2 is 1.78 bits per heavy atom. The fourth-order valence-corrected chi connectivity index (χ4v) is 4.18. The van der Waals surface area contributed by atoms with E-state index in [4.69, 9.17) is 14.2 Å². The fraction of sp³-hybridized carbons (Fsp3) is 0.348. The molecule has 1 aromatic heterocycles. The second kappa shape index (κ2) is 9.30. The van der Waals surface area contributed by atoms with Gasteiger partial charge in [0.25, 0.3) is 5.56 Å². The highest BCUT2D eigenvalue weighted by Crippen LogP contribution is 2.30. The second-order valence-corrected chi connectivity index (χ2v) is 8.49. The number of methoxy groups -OCH3 is 2. The zero-order chi connectivity index (χ0) is 22.8. The van der Waals surface area contributed by atoms with Gasteiger partial charge >= 0.3 is 5.69 Å². The number of fused-ring (bicyclic) bond motifs is 1. The molecule has 1 atom stereocenters. The Morgan fingerprint density at radius 3 is 2.41 bits per heavy atom. The first-order valence-electron chi connectivity index (χ1n) is 10.2. The van der Waals surface area contributed by atoms with Crippen LogP contribution < -0.4 is 20.7 Å². The average molecular weight is 503 g/mol. The molecule has 8 nitrogen and oxygen atoms in total. The molecule has 0 N–H and O–H groups in total. The lowest BCUT2D eigenvalue weighted by Crippen LogP contribution is -2.43. The maximum atomic E-state index is 13.4. The molecular weight excluding hydrogens is 480 g/mol. The predicted octanol–water partition coefficient (Wildman–Crippen LogP) is 3.00. The summed E-state index contributed by atoms with van der Waals surface area (Å²) in [5.74, 6) is 0.476. The van der Waals surface area contributed by atoms with Crippen molar-refractivity contribution in [3.05, 3.63) is 67.3 Å². The van der Waals surface area contributed by atoms with Crippen molar-refractivity contribution in [3.8, 4) is 11.5 Å². The van der Waals surface area contributed by atoms with E-state index in [-0.39, 0.29) is 30.4 Å². The summed E-state index contributed by atoms with van der Waals surface area (Å²) in [6, 6.07) is 10.0. The number of ether oxygens (including phenoxy) is 3. The lowest BCUT2D eigenvalue weighted by Gasteiger charge is -2.17. The summed E-state index contributed by atoms with van der Waals surface area (Å²) in [7, 11) is 2.94. The molecule has 0 aliphatic carbocycles. The van der Waals surface area contributed by atoms with Crippen LogP contribution in [0.5, 0.6) is 11.5 Å². The number of halogens is 1. The van der Waals surface area contributed by atoms with Gasteiger partial charge in [0.15, 0.2) is 17.3 Å². The van der Waals surface area contributed by atoms with Crippen LogP contribution in [-0.4, -0.2) is 41.8 Å². The summed E-state index contributed by atoms with van der Waals surface area (Å²) < 4.78 is 19.7. The zero-order valence-corrected chi connectivity index (χ0v) is 19.4. The molecule has 1 unspecified atom stereocenters. The van der Waals surface area contributed by atoms with E-state index >= 15 is 0 Å². The molecule has 3 aromatic rings. The standard InChI is InChI=1S/C23H23BrN2O6/c1-30-20-10-17-18(11-21(20)31-2)25(13-19(27)14-5-7-15(24)8-6-14)23(29)26(22(17)28)12-16-4-3-9-32-16/h5-8,10-11,16H,3-4,9,12-13H2,1-2H3. The minimum absolute atomic E-state index is 0.133. The van der Waals surface area contributed by atoms with Gasteiger partial charge < -0.3 is 14.2 Å². The van der Waals surface area contributed by atoms with E-state index in [0.717, 1.165) is 21.9 Å². The third-order valence-corrected chi connectivity index (χ3v) is 6.14. The third-order valence-electron chi connectivity index (χ3n) is 5.61. The number of carbonyl (C=O) groups excluding carboxylic acids is 1. The van der Waals surface area contributed by atoms with Gasteiger partial charge in [0, 0.05) is 22.7 Å². The van der Waals surface area contributed by atoms with Gasteiger partial charge in [0.05, 0.1) is 44.3 Å². The van der Waals surface area contributed by atoms with Gasteiger partial charge in [-0.15, -0.1) is 0 Å². The highest BCUT2D eigenvalue weighted by molar-refractivity contribution is 9.10. The quantitative estimate of drug-likeness (QED) is 0.461. The van der Waals surface area contributed by atoms with Crippen LogP contribution in [0.2, 0.25) is 0 Å². The summed E-state index contributed by atoms with van der Waals surface area (Å²) in [5, 5.41) is 0.267. The van der Waals surface area contributed by atoms with Gasteiger partial charge in [0.1, 0.15) is 0 Å². The first-order valence-corrected chi connectivity index (χ1v) is 11.0. The molecule has 1 saturated heterocycles. The molecule has 0 radical (unpaired) electrons. The zero-order valence-electron chi connectivity index (χ0n) is 17.8.